The summed E-state index contributed by atoms with van der Waals surface area (Å²) >= 11 is 1.74. The van der Waals surface area contributed by atoms with E-state index in [-0.39, 0.29) is 23.1 Å². The summed E-state index contributed by atoms with van der Waals surface area (Å²) in [5.74, 6) is 0.737. The second-order valence-electron chi connectivity index (χ2n) is 8.73. The number of ketones is 1. The Morgan fingerprint density at radius 1 is 1.24 bits per heavy atom. The summed E-state index contributed by atoms with van der Waals surface area (Å²) in [6, 6.07) is 8.03. The molecule has 1 heterocycles. The van der Waals surface area contributed by atoms with Crippen molar-refractivity contribution in [3.05, 3.63) is 46.7 Å². The van der Waals surface area contributed by atoms with Crippen molar-refractivity contribution in [1.82, 2.24) is 0 Å². The van der Waals surface area contributed by atoms with Gasteiger partial charge in [-0.3, -0.25) is 14.6 Å². The molecule has 1 unspecified atom stereocenters. The van der Waals surface area contributed by atoms with Gasteiger partial charge >= 0.3 is 5.97 Å². The highest BCUT2D eigenvalue weighted by Gasteiger charge is 2.46. The number of carbonyl (C=O) groups excluding carboxylic acids is 2. The van der Waals surface area contributed by atoms with Crippen LogP contribution in [0.25, 0.3) is 0 Å². The third-order valence-electron chi connectivity index (χ3n) is 5.76. The molecule has 0 bridgehead atoms. The van der Waals surface area contributed by atoms with Crippen LogP contribution in [0, 0.1) is 18.3 Å². The molecule has 0 amide bonds. The van der Waals surface area contributed by atoms with Crippen molar-refractivity contribution in [3.63, 3.8) is 0 Å². The Hall–Kier alpha value is -1.88. The summed E-state index contributed by atoms with van der Waals surface area (Å²) in [5.41, 5.74) is 4.30. The Morgan fingerprint density at radius 3 is 2.66 bits per heavy atom. The van der Waals surface area contributed by atoms with Gasteiger partial charge in [-0.15, -0.1) is 0 Å². The van der Waals surface area contributed by atoms with Gasteiger partial charge in [-0.05, 0) is 42.6 Å². The van der Waals surface area contributed by atoms with Gasteiger partial charge in [0.25, 0.3) is 0 Å². The van der Waals surface area contributed by atoms with Crippen molar-refractivity contribution in [2.75, 3.05) is 18.1 Å². The molecule has 4 nitrogen and oxygen atoms in total. The van der Waals surface area contributed by atoms with E-state index < -0.39 is 5.92 Å². The van der Waals surface area contributed by atoms with Crippen molar-refractivity contribution in [1.29, 1.82) is 0 Å². The molecule has 1 aliphatic carbocycles. The predicted molar refractivity (Wildman–Crippen MR) is 120 cm³/mol. The van der Waals surface area contributed by atoms with Crippen LogP contribution in [0.3, 0.4) is 0 Å². The van der Waals surface area contributed by atoms with Crippen LogP contribution in [0.1, 0.15) is 57.6 Å². The predicted octanol–water partition coefficient (Wildman–Crippen LogP) is 5.11. The first-order valence-corrected chi connectivity index (χ1v) is 11.5. The van der Waals surface area contributed by atoms with Gasteiger partial charge in [-0.2, -0.15) is 11.8 Å². The lowest BCUT2D eigenvalue weighted by molar-refractivity contribution is -0.145. The molecule has 1 aromatic rings. The molecule has 0 aromatic heterocycles. The largest absolute Gasteiger partial charge is 0.464 e. The highest BCUT2D eigenvalue weighted by molar-refractivity contribution is 7.99. The summed E-state index contributed by atoms with van der Waals surface area (Å²) in [6.07, 6.45) is 1.24. The highest BCUT2D eigenvalue weighted by atomic mass is 32.2. The molecule has 3 rings (SSSR count). The van der Waals surface area contributed by atoms with E-state index in [0.717, 1.165) is 40.5 Å². The SMILES string of the molecule is CCSCCOC(=O)C1C(C)=NC2=C(C(=O)CC(C)(C)C2)[C@@H]1c1ccccc1C. The Balaban J connectivity index is 2.04. The molecule has 156 valence electrons. The van der Waals surface area contributed by atoms with E-state index in [9.17, 15) is 9.59 Å². The van der Waals surface area contributed by atoms with E-state index >= 15 is 0 Å². The minimum atomic E-state index is -0.549. The van der Waals surface area contributed by atoms with Gasteiger partial charge < -0.3 is 4.74 Å². The Labute approximate surface area is 178 Å². The standard InChI is InChI=1S/C24H31NO3S/c1-6-29-12-11-28-23(27)20-16(3)25-18-13-24(4,5)14-19(26)22(18)21(20)17-10-8-7-9-15(17)2/h7-10,20-21H,6,11-14H2,1-5H3/t20?,21-/m1/s1. The van der Waals surface area contributed by atoms with Crippen molar-refractivity contribution >= 4 is 29.2 Å². The number of rotatable bonds is 6. The molecule has 1 aromatic carbocycles. The number of hydrogen-bond donors (Lipinski definition) is 0. The van der Waals surface area contributed by atoms with Crippen LogP contribution in [-0.2, 0) is 14.3 Å². The fraction of sp³-hybridized carbons (Fsp3) is 0.542. The fourth-order valence-corrected chi connectivity index (χ4v) is 4.95. The van der Waals surface area contributed by atoms with E-state index in [1.54, 1.807) is 11.8 Å². The average Bonchev–Trinajstić information content (AvgIpc) is 2.63. The molecule has 0 fully saturated rings. The van der Waals surface area contributed by atoms with E-state index in [2.05, 4.69) is 20.8 Å². The molecule has 29 heavy (non-hydrogen) atoms. The Kier molecular flexibility index (Phi) is 6.67. The van der Waals surface area contributed by atoms with Crippen LogP contribution in [-0.4, -0.2) is 35.6 Å². The molecule has 0 saturated carbocycles. The highest BCUT2D eigenvalue weighted by Crippen LogP contribution is 2.48. The number of Topliss-reactive ketones (excluding diaryl/α,β-unsaturated/α-hetero) is 1. The molecule has 2 aliphatic rings. The first-order chi connectivity index (χ1) is 13.7. The lowest BCUT2D eigenvalue weighted by Gasteiger charge is -2.39. The number of esters is 1. The number of thioether (sulfide) groups is 1. The average molecular weight is 414 g/mol. The Morgan fingerprint density at radius 2 is 1.97 bits per heavy atom. The van der Waals surface area contributed by atoms with Crippen LogP contribution in [0.2, 0.25) is 0 Å². The second-order valence-corrected chi connectivity index (χ2v) is 10.1. The zero-order valence-corrected chi connectivity index (χ0v) is 18.9. The molecule has 0 saturated heterocycles. The van der Waals surface area contributed by atoms with Crippen molar-refractivity contribution in [3.8, 4) is 0 Å². The molecular weight excluding hydrogens is 382 g/mol. The van der Waals surface area contributed by atoms with Gasteiger partial charge in [-0.1, -0.05) is 45.0 Å². The molecule has 0 spiro atoms. The van der Waals surface area contributed by atoms with Crippen LogP contribution in [0.15, 0.2) is 40.5 Å². The third-order valence-corrected chi connectivity index (χ3v) is 6.62. The minimum absolute atomic E-state index is 0.110. The zero-order chi connectivity index (χ0) is 21.2. The molecule has 2 atom stereocenters. The normalized spacial score (nSPS) is 23.5. The minimum Gasteiger partial charge on any atom is -0.464 e. The maximum absolute atomic E-state index is 13.2. The zero-order valence-electron chi connectivity index (χ0n) is 18.1. The smallest absolute Gasteiger partial charge is 0.315 e. The quantitative estimate of drug-likeness (QED) is 0.480. The number of ether oxygens (including phenoxy) is 1. The molecular formula is C24H31NO3S. The van der Waals surface area contributed by atoms with Gasteiger partial charge in [-0.25, -0.2) is 0 Å². The topological polar surface area (TPSA) is 55.7 Å². The Bertz CT molecular complexity index is 869. The monoisotopic (exact) mass is 413 g/mol. The maximum Gasteiger partial charge on any atom is 0.315 e. The van der Waals surface area contributed by atoms with E-state index in [0.29, 0.717) is 18.6 Å². The molecule has 1 aliphatic heterocycles. The van der Waals surface area contributed by atoms with Crippen molar-refractivity contribution < 1.29 is 14.3 Å². The van der Waals surface area contributed by atoms with Crippen molar-refractivity contribution in [2.24, 2.45) is 16.3 Å². The van der Waals surface area contributed by atoms with Crippen LogP contribution in [0.5, 0.6) is 0 Å². The molecule has 0 radical (unpaired) electrons. The maximum atomic E-state index is 13.2. The third kappa shape index (κ3) is 4.66. The van der Waals surface area contributed by atoms with Gasteiger partial charge in [0.1, 0.15) is 12.5 Å². The number of aliphatic imine (C=N–C) groups is 1. The lowest BCUT2D eigenvalue weighted by Crippen LogP contribution is -2.40. The van der Waals surface area contributed by atoms with E-state index in [1.165, 1.54) is 0 Å². The number of benzene rings is 1. The van der Waals surface area contributed by atoms with E-state index in [4.69, 9.17) is 9.73 Å². The first kappa shape index (κ1) is 21.8. The summed E-state index contributed by atoms with van der Waals surface area (Å²) < 4.78 is 5.63. The van der Waals surface area contributed by atoms with Crippen molar-refractivity contribution in [2.45, 2.75) is 53.4 Å². The number of allylic oxidation sites excluding steroid dienone is 2. The number of nitrogens with zero attached hydrogens (tertiary/aromatic N) is 1. The lowest BCUT2D eigenvalue weighted by atomic mass is 9.66. The van der Waals surface area contributed by atoms with Crippen LogP contribution >= 0.6 is 11.8 Å². The summed E-state index contributed by atoms with van der Waals surface area (Å²) in [5, 5.41) is 0. The first-order valence-electron chi connectivity index (χ1n) is 10.4. The van der Waals surface area contributed by atoms with Gasteiger partial charge in [0, 0.05) is 35.1 Å². The van der Waals surface area contributed by atoms with Gasteiger partial charge in [0.05, 0.1) is 0 Å². The number of aryl methyl sites for hydroxylation is 1. The van der Waals surface area contributed by atoms with Gasteiger partial charge in [0.15, 0.2) is 5.78 Å². The van der Waals surface area contributed by atoms with Crippen LogP contribution in [0.4, 0.5) is 0 Å². The fourth-order valence-electron chi connectivity index (χ4n) is 4.46. The van der Waals surface area contributed by atoms with E-state index in [1.807, 2.05) is 38.1 Å². The summed E-state index contributed by atoms with van der Waals surface area (Å²) in [7, 11) is 0. The summed E-state index contributed by atoms with van der Waals surface area (Å²) in [6.45, 7) is 10.6. The second kappa shape index (κ2) is 8.86. The van der Waals surface area contributed by atoms with Crippen LogP contribution < -0.4 is 0 Å². The number of hydrogen-bond acceptors (Lipinski definition) is 5. The van der Waals surface area contributed by atoms with Gasteiger partial charge in [0.2, 0.25) is 0 Å². The molecule has 5 heteroatoms. The molecule has 0 N–H and O–H groups in total. The summed E-state index contributed by atoms with van der Waals surface area (Å²) in [4.78, 5) is 31.1. The number of carbonyl (C=O) groups is 2.